The third-order valence-electron chi connectivity index (χ3n) is 2.88. The van der Waals surface area contributed by atoms with E-state index in [1.807, 2.05) is 7.05 Å². The van der Waals surface area contributed by atoms with Crippen LogP contribution in [0.4, 0.5) is 0 Å². The van der Waals surface area contributed by atoms with E-state index in [0.717, 1.165) is 6.26 Å². The number of amides is 1. The molecule has 0 heterocycles. The van der Waals surface area contributed by atoms with Crippen LogP contribution in [-0.2, 0) is 9.84 Å². The molecule has 0 unspecified atom stereocenters. The van der Waals surface area contributed by atoms with E-state index in [2.05, 4.69) is 5.32 Å². The fourth-order valence-corrected chi connectivity index (χ4v) is 2.73. The summed E-state index contributed by atoms with van der Waals surface area (Å²) >= 11 is 0. The fraction of sp³-hybridized carbons (Fsp3) is 0.462. The van der Waals surface area contributed by atoms with E-state index in [4.69, 9.17) is 0 Å². The van der Waals surface area contributed by atoms with Gasteiger partial charge in [-0.15, -0.1) is 0 Å². The molecule has 0 saturated carbocycles. The van der Waals surface area contributed by atoms with E-state index in [9.17, 15) is 13.2 Å². The number of carbonyl (C=O) groups excluding carboxylic acids is 1. The molecule has 0 saturated heterocycles. The molecule has 1 aromatic carbocycles. The molecule has 0 aliphatic heterocycles. The van der Waals surface area contributed by atoms with Crippen molar-refractivity contribution < 1.29 is 13.2 Å². The standard InChI is InChI=1S/C13H20N2O3S/c1-10-5-6-11(9-12(10)19(4,17)18)13(16)15(3)8-7-14-2/h5-6,9,14H,7-8H2,1-4H3. The largest absolute Gasteiger partial charge is 0.340 e. The van der Waals surface area contributed by atoms with E-state index in [0.29, 0.717) is 24.2 Å². The number of nitrogens with one attached hydrogen (secondary N) is 1. The Morgan fingerprint density at radius 1 is 1.37 bits per heavy atom. The highest BCUT2D eigenvalue weighted by Crippen LogP contribution is 2.17. The molecule has 1 amide bonds. The van der Waals surface area contributed by atoms with Gasteiger partial charge in [0, 0.05) is 32.0 Å². The number of hydrogen-bond acceptors (Lipinski definition) is 4. The number of carbonyl (C=O) groups is 1. The Morgan fingerprint density at radius 3 is 2.53 bits per heavy atom. The van der Waals surface area contributed by atoms with Gasteiger partial charge in [-0.25, -0.2) is 8.42 Å². The summed E-state index contributed by atoms with van der Waals surface area (Å²) in [5, 5.41) is 2.96. The summed E-state index contributed by atoms with van der Waals surface area (Å²) in [5.74, 6) is -0.180. The normalized spacial score (nSPS) is 11.4. The minimum absolute atomic E-state index is 0.180. The first kappa shape index (κ1) is 15.7. The molecule has 0 aliphatic rings. The summed E-state index contributed by atoms with van der Waals surface area (Å²) in [4.78, 5) is 13.9. The van der Waals surface area contributed by atoms with Gasteiger partial charge in [0.1, 0.15) is 0 Å². The topological polar surface area (TPSA) is 66.5 Å². The monoisotopic (exact) mass is 284 g/mol. The molecule has 5 nitrogen and oxygen atoms in total. The second kappa shape index (κ2) is 6.16. The molecule has 1 aromatic rings. The summed E-state index contributed by atoms with van der Waals surface area (Å²) < 4.78 is 23.3. The van der Waals surface area contributed by atoms with Gasteiger partial charge in [-0.3, -0.25) is 4.79 Å². The smallest absolute Gasteiger partial charge is 0.253 e. The van der Waals surface area contributed by atoms with Gasteiger partial charge in [0.05, 0.1) is 4.90 Å². The molecule has 0 fully saturated rings. The number of benzene rings is 1. The van der Waals surface area contributed by atoms with Gasteiger partial charge in [-0.2, -0.15) is 0 Å². The minimum Gasteiger partial charge on any atom is -0.340 e. The van der Waals surface area contributed by atoms with Crippen LogP contribution >= 0.6 is 0 Å². The average Bonchev–Trinajstić information content (AvgIpc) is 2.34. The molecule has 0 spiro atoms. The number of aryl methyl sites for hydroxylation is 1. The Bertz CT molecular complexity index is 567. The zero-order valence-corrected chi connectivity index (χ0v) is 12.5. The number of nitrogens with zero attached hydrogens (tertiary/aromatic N) is 1. The van der Waals surface area contributed by atoms with Crippen LogP contribution in [0.15, 0.2) is 23.1 Å². The van der Waals surface area contributed by atoms with Crippen molar-refractivity contribution >= 4 is 15.7 Å². The van der Waals surface area contributed by atoms with Crippen molar-refractivity contribution in [1.29, 1.82) is 0 Å². The second-order valence-corrected chi connectivity index (χ2v) is 6.57. The molecule has 0 atom stereocenters. The lowest BCUT2D eigenvalue weighted by Crippen LogP contribution is -2.32. The van der Waals surface area contributed by atoms with Crippen LogP contribution in [0.1, 0.15) is 15.9 Å². The van der Waals surface area contributed by atoms with Gasteiger partial charge < -0.3 is 10.2 Å². The summed E-state index contributed by atoms with van der Waals surface area (Å²) in [6.07, 6.45) is 1.15. The van der Waals surface area contributed by atoms with Crippen molar-refractivity contribution in [3.8, 4) is 0 Å². The van der Waals surface area contributed by atoms with Gasteiger partial charge in [0.25, 0.3) is 5.91 Å². The predicted octanol–water partition coefficient (Wildman–Crippen LogP) is 0.690. The summed E-state index contributed by atoms with van der Waals surface area (Å²) in [5.41, 5.74) is 1.04. The molecule has 106 valence electrons. The maximum absolute atomic E-state index is 12.1. The number of sulfone groups is 1. The maximum atomic E-state index is 12.1. The molecule has 0 radical (unpaired) electrons. The molecular weight excluding hydrogens is 264 g/mol. The van der Waals surface area contributed by atoms with Crippen molar-refractivity contribution in [2.75, 3.05) is 33.4 Å². The summed E-state index contributed by atoms with van der Waals surface area (Å²) in [7, 11) is 0.190. The third kappa shape index (κ3) is 4.04. The van der Waals surface area contributed by atoms with E-state index in [1.54, 1.807) is 31.0 Å². The highest BCUT2D eigenvalue weighted by atomic mass is 32.2. The van der Waals surface area contributed by atoms with E-state index in [1.165, 1.54) is 6.07 Å². The third-order valence-corrected chi connectivity index (χ3v) is 4.12. The Labute approximate surface area is 114 Å². The van der Waals surface area contributed by atoms with E-state index in [-0.39, 0.29) is 10.8 Å². The number of likely N-dealkylation sites (N-methyl/N-ethyl adjacent to an activating group) is 2. The van der Waals surface area contributed by atoms with Crippen LogP contribution in [0.5, 0.6) is 0 Å². The second-order valence-electron chi connectivity index (χ2n) is 4.58. The van der Waals surface area contributed by atoms with Crippen molar-refractivity contribution in [1.82, 2.24) is 10.2 Å². The van der Waals surface area contributed by atoms with Crippen molar-refractivity contribution in [3.05, 3.63) is 29.3 Å². The summed E-state index contributed by atoms with van der Waals surface area (Å²) in [6.45, 7) is 2.97. The lowest BCUT2D eigenvalue weighted by Gasteiger charge is -2.17. The van der Waals surface area contributed by atoms with Crippen molar-refractivity contribution in [2.45, 2.75) is 11.8 Å². The van der Waals surface area contributed by atoms with Gasteiger partial charge in [0.15, 0.2) is 9.84 Å². The van der Waals surface area contributed by atoms with Gasteiger partial charge >= 0.3 is 0 Å². The molecule has 1 rings (SSSR count). The average molecular weight is 284 g/mol. The molecule has 1 N–H and O–H groups in total. The Hall–Kier alpha value is -1.40. The first-order chi connectivity index (χ1) is 8.77. The molecule has 0 aromatic heterocycles. The van der Waals surface area contributed by atoms with Crippen LogP contribution in [0.25, 0.3) is 0 Å². The van der Waals surface area contributed by atoms with Crippen LogP contribution < -0.4 is 5.32 Å². The molecular formula is C13H20N2O3S. The number of hydrogen-bond donors (Lipinski definition) is 1. The van der Waals surface area contributed by atoms with Crippen LogP contribution in [0, 0.1) is 6.92 Å². The highest BCUT2D eigenvalue weighted by Gasteiger charge is 2.16. The summed E-state index contributed by atoms with van der Waals surface area (Å²) in [6, 6.07) is 4.76. The van der Waals surface area contributed by atoms with E-state index >= 15 is 0 Å². The SMILES string of the molecule is CNCCN(C)C(=O)c1ccc(C)c(S(C)(=O)=O)c1. The number of rotatable bonds is 5. The molecule has 0 bridgehead atoms. The van der Waals surface area contributed by atoms with Gasteiger partial charge in [-0.05, 0) is 31.7 Å². The van der Waals surface area contributed by atoms with E-state index < -0.39 is 9.84 Å². The van der Waals surface area contributed by atoms with Gasteiger partial charge in [0.2, 0.25) is 0 Å². The van der Waals surface area contributed by atoms with Gasteiger partial charge in [-0.1, -0.05) is 6.07 Å². The van der Waals surface area contributed by atoms with Crippen molar-refractivity contribution in [2.24, 2.45) is 0 Å². The van der Waals surface area contributed by atoms with Crippen LogP contribution in [0.3, 0.4) is 0 Å². The van der Waals surface area contributed by atoms with Crippen LogP contribution in [0.2, 0.25) is 0 Å². The maximum Gasteiger partial charge on any atom is 0.253 e. The first-order valence-corrected chi connectivity index (χ1v) is 7.87. The zero-order chi connectivity index (χ0) is 14.6. The Balaban J connectivity index is 3.06. The van der Waals surface area contributed by atoms with Crippen LogP contribution in [-0.4, -0.2) is 52.7 Å². The lowest BCUT2D eigenvalue weighted by molar-refractivity contribution is 0.0796. The lowest BCUT2D eigenvalue weighted by atomic mass is 10.1. The molecule has 0 aliphatic carbocycles. The van der Waals surface area contributed by atoms with Crippen molar-refractivity contribution in [3.63, 3.8) is 0 Å². The minimum atomic E-state index is -3.32. The quantitative estimate of drug-likeness (QED) is 0.864. The fourth-order valence-electron chi connectivity index (χ4n) is 1.73. The molecule has 19 heavy (non-hydrogen) atoms. The predicted molar refractivity (Wildman–Crippen MR) is 75.2 cm³/mol. The highest BCUT2D eigenvalue weighted by molar-refractivity contribution is 7.90. The zero-order valence-electron chi connectivity index (χ0n) is 11.7. The Kier molecular flexibility index (Phi) is 5.08. The molecule has 6 heteroatoms. The Morgan fingerprint density at radius 2 is 2.00 bits per heavy atom. The first-order valence-electron chi connectivity index (χ1n) is 5.98.